The second-order valence-corrected chi connectivity index (χ2v) is 6.44. The standard InChI is InChI=1S/C19H21N7/c1-14-11-17(25-18(23-14)15-5-2-7-20-12-15)24-16-6-3-10-26(13-16)19-21-8-4-9-22-19/h2,4-5,7-9,11-12,16H,3,6,10,13H2,1H3,(H,23,24,25)/t16-/m1/s1. The van der Waals surface area contributed by atoms with Crippen molar-refractivity contribution in [2.24, 2.45) is 0 Å². The Bertz CT molecular complexity index is 854. The van der Waals surface area contributed by atoms with E-state index in [2.05, 4.69) is 35.1 Å². The van der Waals surface area contributed by atoms with E-state index in [0.717, 1.165) is 49.0 Å². The van der Waals surface area contributed by atoms with Crippen LogP contribution in [-0.2, 0) is 0 Å². The van der Waals surface area contributed by atoms with Crippen molar-refractivity contribution in [3.05, 3.63) is 54.7 Å². The number of rotatable bonds is 4. The Hall–Kier alpha value is -3.09. The fraction of sp³-hybridized carbons (Fsp3) is 0.316. The minimum atomic E-state index is 0.295. The van der Waals surface area contributed by atoms with Crippen molar-refractivity contribution < 1.29 is 0 Å². The van der Waals surface area contributed by atoms with Crippen molar-refractivity contribution in [1.29, 1.82) is 0 Å². The molecule has 7 nitrogen and oxygen atoms in total. The molecule has 7 heteroatoms. The number of pyridine rings is 1. The van der Waals surface area contributed by atoms with Crippen molar-refractivity contribution in [2.75, 3.05) is 23.3 Å². The lowest BCUT2D eigenvalue weighted by atomic mass is 10.1. The van der Waals surface area contributed by atoms with E-state index in [9.17, 15) is 0 Å². The van der Waals surface area contributed by atoms with Gasteiger partial charge in [0.2, 0.25) is 5.95 Å². The molecule has 3 aromatic heterocycles. The number of nitrogens with one attached hydrogen (secondary N) is 1. The molecule has 0 unspecified atom stereocenters. The van der Waals surface area contributed by atoms with Crippen LogP contribution in [0.2, 0.25) is 0 Å². The number of hydrogen-bond acceptors (Lipinski definition) is 7. The normalized spacial score (nSPS) is 17.1. The minimum absolute atomic E-state index is 0.295. The first-order valence-electron chi connectivity index (χ1n) is 8.82. The molecule has 1 saturated heterocycles. The molecule has 0 aliphatic carbocycles. The van der Waals surface area contributed by atoms with Gasteiger partial charge < -0.3 is 10.2 Å². The third-order valence-electron chi connectivity index (χ3n) is 4.38. The highest BCUT2D eigenvalue weighted by Crippen LogP contribution is 2.21. The molecule has 4 heterocycles. The van der Waals surface area contributed by atoms with Crippen LogP contribution in [0.15, 0.2) is 49.1 Å². The van der Waals surface area contributed by atoms with Crippen LogP contribution in [-0.4, -0.2) is 44.1 Å². The third kappa shape index (κ3) is 3.77. The van der Waals surface area contributed by atoms with Gasteiger partial charge in [-0.05, 0) is 38.0 Å². The van der Waals surface area contributed by atoms with Crippen LogP contribution in [0.1, 0.15) is 18.5 Å². The van der Waals surface area contributed by atoms with E-state index in [4.69, 9.17) is 0 Å². The Morgan fingerprint density at radius 1 is 1.12 bits per heavy atom. The van der Waals surface area contributed by atoms with Gasteiger partial charge in [-0.15, -0.1) is 0 Å². The van der Waals surface area contributed by atoms with Gasteiger partial charge in [0.25, 0.3) is 0 Å². The zero-order valence-electron chi connectivity index (χ0n) is 14.7. The topological polar surface area (TPSA) is 79.7 Å². The van der Waals surface area contributed by atoms with Crippen LogP contribution in [0.4, 0.5) is 11.8 Å². The van der Waals surface area contributed by atoms with E-state index in [1.54, 1.807) is 24.8 Å². The number of aryl methyl sites for hydroxylation is 1. The fourth-order valence-corrected chi connectivity index (χ4v) is 3.21. The zero-order chi connectivity index (χ0) is 17.8. The quantitative estimate of drug-likeness (QED) is 0.777. The molecule has 1 fully saturated rings. The fourth-order valence-electron chi connectivity index (χ4n) is 3.21. The summed E-state index contributed by atoms with van der Waals surface area (Å²) in [6.45, 7) is 3.82. The van der Waals surface area contributed by atoms with Gasteiger partial charge in [-0.2, -0.15) is 0 Å². The van der Waals surface area contributed by atoms with Gasteiger partial charge in [-0.1, -0.05) is 0 Å². The lowest BCUT2D eigenvalue weighted by Crippen LogP contribution is -2.43. The van der Waals surface area contributed by atoms with Crippen LogP contribution in [0.3, 0.4) is 0 Å². The number of aromatic nitrogens is 5. The molecule has 0 spiro atoms. The van der Waals surface area contributed by atoms with E-state index in [1.165, 1.54) is 0 Å². The van der Waals surface area contributed by atoms with Gasteiger partial charge in [-0.25, -0.2) is 19.9 Å². The molecule has 1 aliphatic heterocycles. The molecule has 132 valence electrons. The van der Waals surface area contributed by atoms with E-state index in [0.29, 0.717) is 11.9 Å². The molecule has 1 aliphatic rings. The number of nitrogens with zero attached hydrogens (tertiary/aromatic N) is 6. The van der Waals surface area contributed by atoms with Crippen molar-refractivity contribution >= 4 is 11.8 Å². The second-order valence-electron chi connectivity index (χ2n) is 6.44. The predicted molar refractivity (Wildman–Crippen MR) is 101 cm³/mol. The Morgan fingerprint density at radius 3 is 2.81 bits per heavy atom. The van der Waals surface area contributed by atoms with Crippen LogP contribution < -0.4 is 10.2 Å². The number of piperidine rings is 1. The first kappa shape index (κ1) is 16.4. The molecule has 0 aromatic carbocycles. The molecule has 0 amide bonds. The van der Waals surface area contributed by atoms with Gasteiger partial charge in [-0.3, -0.25) is 4.98 Å². The summed E-state index contributed by atoms with van der Waals surface area (Å²) >= 11 is 0. The van der Waals surface area contributed by atoms with E-state index in [1.807, 2.05) is 31.2 Å². The predicted octanol–water partition coefficient (Wildman–Crippen LogP) is 2.72. The Balaban J connectivity index is 1.51. The summed E-state index contributed by atoms with van der Waals surface area (Å²) in [7, 11) is 0. The summed E-state index contributed by atoms with van der Waals surface area (Å²) in [4.78, 5) is 24.3. The van der Waals surface area contributed by atoms with Gasteiger partial charge in [0, 0.05) is 61.2 Å². The molecule has 4 rings (SSSR count). The first-order chi connectivity index (χ1) is 12.8. The highest BCUT2D eigenvalue weighted by Gasteiger charge is 2.22. The molecule has 1 atom stereocenters. The monoisotopic (exact) mass is 347 g/mol. The Morgan fingerprint density at radius 2 is 2.00 bits per heavy atom. The summed E-state index contributed by atoms with van der Waals surface area (Å²) in [5, 5.41) is 3.56. The summed E-state index contributed by atoms with van der Waals surface area (Å²) < 4.78 is 0. The van der Waals surface area contributed by atoms with Gasteiger partial charge in [0.15, 0.2) is 5.82 Å². The van der Waals surface area contributed by atoms with Crippen molar-refractivity contribution in [2.45, 2.75) is 25.8 Å². The number of anilines is 2. The summed E-state index contributed by atoms with van der Waals surface area (Å²) in [5.41, 5.74) is 1.85. The van der Waals surface area contributed by atoms with Crippen molar-refractivity contribution in [3.8, 4) is 11.4 Å². The van der Waals surface area contributed by atoms with Crippen LogP contribution in [0, 0.1) is 6.92 Å². The summed E-state index contributed by atoms with van der Waals surface area (Å²) in [5.74, 6) is 2.32. The van der Waals surface area contributed by atoms with Gasteiger partial charge >= 0.3 is 0 Å². The molecular formula is C19H21N7. The number of hydrogen-bond donors (Lipinski definition) is 1. The first-order valence-corrected chi connectivity index (χ1v) is 8.82. The highest BCUT2D eigenvalue weighted by atomic mass is 15.3. The molecule has 1 N–H and O–H groups in total. The van der Waals surface area contributed by atoms with Crippen molar-refractivity contribution in [1.82, 2.24) is 24.9 Å². The molecule has 0 bridgehead atoms. The third-order valence-corrected chi connectivity index (χ3v) is 4.38. The lowest BCUT2D eigenvalue weighted by molar-refractivity contribution is 0.521. The largest absolute Gasteiger partial charge is 0.365 e. The van der Waals surface area contributed by atoms with Crippen LogP contribution in [0.25, 0.3) is 11.4 Å². The second kappa shape index (κ2) is 7.43. The maximum absolute atomic E-state index is 4.68. The Kier molecular flexibility index (Phi) is 4.68. The maximum Gasteiger partial charge on any atom is 0.225 e. The molecule has 0 saturated carbocycles. The summed E-state index contributed by atoms with van der Waals surface area (Å²) in [6.07, 6.45) is 9.29. The van der Waals surface area contributed by atoms with Crippen molar-refractivity contribution in [3.63, 3.8) is 0 Å². The molecule has 3 aromatic rings. The molecular weight excluding hydrogens is 326 g/mol. The van der Waals surface area contributed by atoms with E-state index in [-0.39, 0.29) is 0 Å². The average Bonchev–Trinajstić information content (AvgIpc) is 2.69. The lowest BCUT2D eigenvalue weighted by Gasteiger charge is -2.33. The average molecular weight is 347 g/mol. The SMILES string of the molecule is Cc1cc(N[C@@H]2CCCN(c3ncccn3)C2)nc(-c2cccnc2)n1. The molecule has 0 radical (unpaired) electrons. The van der Waals surface area contributed by atoms with E-state index >= 15 is 0 Å². The van der Waals surface area contributed by atoms with E-state index < -0.39 is 0 Å². The zero-order valence-corrected chi connectivity index (χ0v) is 14.7. The van der Waals surface area contributed by atoms with Crippen LogP contribution >= 0.6 is 0 Å². The summed E-state index contributed by atoms with van der Waals surface area (Å²) in [6, 6.07) is 7.99. The highest BCUT2D eigenvalue weighted by molar-refractivity contribution is 5.56. The minimum Gasteiger partial charge on any atom is -0.365 e. The maximum atomic E-state index is 4.68. The Labute approximate surface area is 152 Å². The molecule has 26 heavy (non-hydrogen) atoms. The van der Waals surface area contributed by atoms with Gasteiger partial charge in [0.1, 0.15) is 5.82 Å². The smallest absolute Gasteiger partial charge is 0.225 e. The van der Waals surface area contributed by atoms with Crippen LogP contribution in [0.5, 0.6) is 0 Å². The van der Waals surface area contributed by atoms with Gasteiger partial charge in [0.05, 0.1) is 0 Å².